The average Bonchev–Trinajstić information content (AvgIpc) is 3.05. The number of nitrogens with two attached hydrogens (primary N) is 1. The molecule has 2 heterocycles. The Kier molecular flexibility index (Phi) is 4.64. The van der Waals surface area contributed by atoms with Gasteiger partial charge in [-0.05, 0) is 35.7 Å². The van der Waals surface area contributed by atoms with E-state index in [1.807, 2.05) is 5.38 Å². The normalized spacial score (nSPS) is 10.6. The van der Waals surface area contributed by atoms with Crippen LogP contribution in [0.25, 0.3) is 0 Å². The lowest BCUT2D eigenvalue weighted by atomic mass is 10.2. The van der Waals surface area contributed by atoms with E-state index in [0.717, 1.165) is 6.42 Å². The van der Waals surface area contributed by atoms with E-state index in [-0.39, 0.29) is 12.2 Å². The molecule has 2 N–H and O–H groups in total. The molecule has 0 aliphatic heterocycles. The summed E-state index contributed by atoms with van der Waals surface area (Å²) in [6.45, 7) is 2.92. The molecule has 2 aromatic heterocycles. The molecule has 0 aliphatic rings. The van der Waals surface area contributed by atoms with Gasteiger partial charge in [-0.3, -0.25) is 0 Å². The summed E-state index contributed by atoms with van der Waals surface area (Å²) in [7, 11) is 0. The molecule has 0 aromatic carbocycles. The number of aryl methyl sites for hydroxylation is 2. The number of thiophene rings is 1. The topological polar surface area (TPSA) is 83.0 Å². The Labute approximate surface area is 115 Å². The van der Waals surface area contributed by atoms with Crippen molar-refractivity contribution in [3.8, 4) is 0 Å². The zero-order valence-corrected chi connectivity index (χ0v) is 11.5. The summed E-state index contributed by atoms with van der Waals surface area (Å²) in [4.78, 5) is 11.7. The zero-order chi connectivity index (χ0) is 13.7. The molecule has 0 radical (unpaired) electrons. The van der Waals surface area contributed by atoms with Gasteiger partial charge in [0, 0.05) is 13.1 Å². The SMILES string of the molecule is CCOC(=O)c1nnn(CCc2ccsc2)c1CN. The largest absolute Gasteiger partial charge is 0.461 e. The third-order valence-corrected chi connectivity index (χ3v) is 3.42. The first-order valence-electron chi connectivity index (χ1n) is 6.06. The Morgan fingerprint density at radius 2 is 2.42 bits per heavy atom. The number of carbonyl (C=O) groups is 1. The van der Waals surface area contributed by atoms with Gasteiger partial charge in [-0.25, -0.2) is 9.48 Å². The summed E-state index contributed by atoms with van der Waals surface area (Å²) in [5.74, 6) is -0.468. The lowest BCUT2D eigenvalue weighted by Gasteiger charge is -2.05. The Balaban J connectivity index is 2.10. The Hall–Kier alpha value is -1.73. The van der Waals surface area contributed by atoms with Crippen molar-refractivity contribution in [2.45, 2.75) is 26.4 Å². The second-order valence-electron chi connectivity index (χ2n) is 3.91. The predicted octanol–water partition coefficient (Wildman–Crippen LogP) is 1.22. The maximum absolute atomic E-state index is 11.7. The van der Waals surface area contributed by atoms with E-state index < -0.39 is 5.97 Å². The Bertz CT molecular complexity index is 536. The van der Waals surface area contributed by atoms with Crippen molar-refractivity contribution >= 4 is 17.3 Å². The Morgan fingerprint density at radius 3 is 3.05 bits per heavy atom. The summed E-state index contributed by atoms with van der Waals surface area (Å²) in [6.07, 6.45) is 0.835. The highest BCUT2D eigenvalue weighted by molar-refractivity contribution is 7.07. The van der Waals surface area contributed by atoms with E-state index in [1.54, 1.807) is 22.9 Å². The molecule has 2 rings (SSSR count). The van der Waals surface area contributed by atoms with Gasteiger partial charge in [-0.1, -0.05) is 5.21 Å². The van der Waals surface area contributed by atoms with Gasteiger partial charge in [0.25, 0.3) is 0 Å². The fourth-order valence-corrected chi connectivity index (χ4v) is 2.45. The van der Waals surface area contributed by atoms with Crippen LogP contribution in [0.5, 0.6) is 0 Å². The number of rotatable bonds is 6. The molecular formula is C12H16N4O2S. The number of ether oxygens (including phenoxy) is 1. The first-order chi connectivity index (χ1) is 9.26. The van der Waals surface area contributed by atoms with Crippen LogP contribution >= 0.6 is 11.3 Å². The average molecular weight is 280 g/mol. The van der Waals surface area contributed by atoms with Crippen molar-refractivity contribution in [2.75, 3.05) is 6.61 Å². The minimum atomic E-state index is -0.468. The maximum atomic E-state index is 11.7. The van der Waals surface area contributed by atoms with Gasteiger partial charge in [0.1, 0.15) is 0 Å². The second kappa shape index (κ2) is 6.44. The van der Waals surface area contributed by atoms with Gasteiger partial charge in [0.05, 0.1) is 12.3 Å². The highest BCUT2D eigenvalue weighted by Crippen LogP contribution is 2.10. The molecule has 0 saturated carbocycles. The zero-order valence-electron chi connectivity index (χ0n) is 10.7. The molecule has 0 aliphatic carbocycles. The molecule has 2 aromatic rings. The van der Waals surface area contributed by atoms with E-state index in [2.05, 4.69) is 21.8 Å². The van der Waals surface area contributed by atoms with E-state index in [1.165, 1.54) is 5.56 Å². The van der Waals surface area contributed by atoms with Crippen molar-refractivity contribution in [3.05, 3.63) is 33.8 Å². The highest BCUT2D eigenvalue weighted by Gasteiger charge is 2.19. The molecule has 19 heavy (non-hydrogen) atoms. The third kappa shape index (κ3) is 3.18. The van der Waals surface area contributed by atoms with E-state index in [0.29, 0.717) is 18.8 Å². The van der Waals surface area contributed by atoms with Crippen LogP contribution in [0.2, 0.25) is 0 Å². The lowest BCUT2D eigenvalue weighted by Crippen LogP contribution is -2.15. The molecule has 0 atom stereocenters. The number of hydrogen-bond acceptors (Lipinski definition) is 6. The number of esters is 1. The molecule has 0 amide bonds. The molecule has 102 valence electrons. The van der Waals surface area contributed by atoms with Gasteiger partial charge in [-0.2, -0.15) is 11.3 Å². The van der Waals surface area contributed by atoms with Crippen molar-refractivity contribution in [1.82, 2.24) is 15.0 Å². The number of nitrogens with zero attached hydrogens (tertiary/aromatic N) is 3. The molecule has 7 heteroatoms. The monoisotopic (exact) mass is 280 g/mol. The highest BCUT2D eigenvalue weighted by atomic mass is 32.1. The van der Waals surface area contributed by atoms with Crippen LogP contribution in [0.3, 0.4) is 0 Å². The lowest BCUT2D eigenvalue weighted by molar-refractivity contribution is 0.0518. The maximum Gasteiger partial charge on any atom is 0.360 e. The fourth-order valence-electron chi connectivity index (χ4n) is 1.74. The van der Waals surface area contributed by atoms with Crippen LogP contribution in [0.15, 0.2) is 16.8 Å². The van der Waals surface area contributed by atoms with Crippen molar-refractivity contribution in [3.63, 3.8) is 0 Å². The molecule has 6 nitrogen and oxygen atoms in total. The van der Waals surface area contributed by atoms with Crippen molar-refractivity contribution in [2.24, 2.45) is 5.73 Å². The fraction of sp³-hybridized carbons (Fsp3) is 0.417. The smallest absolute Gasteiger partial charge is 0.360 e. The standard InChI is InChI=1S/C12H16N4O2S/c1-2-18-12(17)11-10(7-13)16(15-14-11)5-3-9-4-6-19-8-9/h4,6,8H,2-3,5,7,13H2,1H3. The van der Waals surface area contributed by atoms with Gasteiger partial charge in [-0.15, -0.1) is 5.10 Å². The van der Waals surface area contributed by atoms with Crippen molar-refractivity contribution < 1.29 is 9.53 Å². The summed E-state index contributed by atoms with van der Waals surface area (Å²) >= 11 is 1.66. The minimum Gasteiger partial charge on any atom is -0.461 e. The minimum absolute atomic E-state index is 0.213. The van der Waals surface area contributed by atoms with Gasteiger partial charge >= 0.3 is 5.97 Å². The van der Waals surface area contributed by atoms with Crippen LogP contribution in [-0.4, -0.2) is 27.6 Å². The van der Waals surface area contributed by atoms with Crippen LogP contribution in [-0.2, 0) is 24.2 Å². The van der Waals surface area contributed by atoms with Crippen LogP contribution in [0.4, 0.5) is 0 Å². The van der Waals surface area contributed by atoms with Crippen LogP contribution < -0.4 is 5.73 Å². The summed E-state index contributed by atoms with van der Waals surface area (Å²) in [5, 5.41) is 12.0. The number of hydrogen-bond donors (Lipinski definition) is 1. The quantitative estimate of drug-likeness (QED) is 0.804. The van der Waals surface area contributed by atoms with E-state index in [4.69, 9.17) is 10.5 Å². The van der Waals surface area contributed by atoms with Crippen LogP contribution in [0, 0.1) is 0 Å². The third-order valence-electron chi connectivity index (χ3n) is 2.69. The molecular weight excluding hydrogens is 264 g/mol. The van der Waals surface area contributed by atoms with E-state index >= 15 is 0 Å². The first-order valence-corrected chi connectivity index (χ1v) is 7.01. The summed E-state index contributed by atoms with van der Waals surface area (Å²) < 4.78 is 6.60. The summed E-state index contributed by atoms with van der Waals surface area (Å²) in [5.41, 5.74) is 7.75. The van der Waals surface area contributed by atoms with Gasteiger partial charge in [0.2, 0.25) is 0 Å². The number of aromatic nitrogens is 3. The summed E-state index contributed by atoms with van der Waals surface area (Å²) in [6, 6.07) is 2.07. The molecule has 0 saturated heterocycles. The predicted molar refractivity (Wildman–Crippen MR) is 71.9 cm³/mol. The van der Waals surface area contributed by atoms with Crippen molar-refractivity contribution in [1.29, 1.82) is 0 Å². The van der Waals surface area contributed by atoms with Crippen LogP contribution in [0.1, 0.15) is 28.7 Å². The van der Waals surface area contributed by atoms with Gasteiger partial charge in [0.15, 0.2) is 5.69 Å². The van der Waals surface area contributed by atoms with Gasteiger partial charge < -0.3 is 10.5 Å². The number of carbonyl (C=O) groups excluding carboxylic acids is 1. The molecule has 0 fully saturated rings. The first kappa shape index (κ1) is 13.7. The molecule has 0 spiro atoms. The Morgan fingerprint density at radius 1 is 1.58 bits per heavy atom. The molecule has 0 unspecified atom stereocenters. The second-order valence-corrected chi connectivity index (χ2v) is 4.69. The molecule has 0 bridgehead atoms. The van der Waals surface area contributed by atoms with E-state index in [9.17, 15) is 4.79 Å².